The van der Waals surface area contributed by atoms with Gasteiger partial charge < -0.3 is 9.15 Å². The number of methoxy groups -OCH3 is 1. The van der Waals surface area contributed by atoms with E-state index in [9.17, 15) is 0 Å². The van der Waals surface area contributed by atoms with Crippen molar-refractivity contribution in [2.45, 2.75) is 30.8 Å². The fourth-order valence-corrected chi connectivity index (χ4v) is 3.05. The van der Waals surface area contributed by atoms with Gasteiger partial charge in [0.25, 0.3) is 0 Å². The Bertz CT molecular complexity index is 766. The average Bonchev–Trinajstić information content (AvgIpc) is 3.18. The third-order valence-corrected chi connectivity index (χ3v) is 4.26. The molecular weight excluding hydrogens is 310 g/mol. The van der Waals surface area contributed by atoms with E-state index >= 15 is 0 Å². The second-order valence-electron chi connectivity index (χ2n) is 5.37. The summed E-state index contributed by atoms with van der Waals surface area (Å²) in [5.74, 6) is 2.48. The van der Waals surface area contributed by atoms with E-state index in [1.807, 2.05) is 36.4 Å². The summed E-state index contributed by atoms with van der Waals surface area (Å²) < 4.78 is 12.9. The third-order valence-electron chi connectivity index (χ3n) is 3.28. The number of hydrogen-bond donors (Lipinski definition) is 0. The fourth-order valence-electron chi connectivity index (χ4n) is 2.26. The molecule has 0 aliphatic carbocycles. The standard InChI is InChI=1S/C17H19N3O2S/c1-12(2)23-17-19-18-16(13-6-4-7-14(10-13)21-3)20(17)11-15-8-5-9-22-15/h4-10,12H,11H2,1-3H3. The first-order valence-corrected chi connectivity index (χ1v) is 8.32. The molecular formula is C17H19N3O2S. The van der Waals surface area contributed by atoms with E-state index in [1.54, 1.807) is 25.1 Å². The topological polar surface area (TPSA) is 53.1 Å². The Morgan fingerprint density at radius 1 is 1.22 bits per heavy atom. The number of furan rings is 1. The van der Waals surface area contributed by atoms with Crippen LogP contribution in [0.1, 0.15) is 19.6 Å². The van der Waals surface area contributed by atoms with Gasteiger partial charge in [0.2, 0.25) is 0 Å². The zero-order valence-electron chi connectivity index (χ0n) is 13.4. The highest BCUT2D eigenvalue weighted by atomic mass is 32.2. The Kier molecular flexibility index (Phi) is 4.71. The van der Waals surface area contributed by atoms with Crippen molar-refractivity contribution in [1.82, 2.24) is 14.8 Å². The van der Waals surface area contributed by atoms with E-state index in [1.165, 1.54) is 0 Å². The largest absolute Gasteiger partial charge is 0.497 e. The zero-order valence-corrected chi connectivity index (χ0v) is 14.2. The maximum atomic E-state index is 5.49. The summed E-state index contributed by atoms with van der Waals surface area (Å²) in [4.78, 5) is 0. The molecule has 5 nitrogen and oxygen atoms in total. The molecule has 0 bridgehead atoms. The van der Waals surface area contributed by atoms with E-state index in [4.69, 9.17) is 9.15 Å². The number of thioether (sulfide) groups is 1. The minimum Gasteiger partial charge on any atom is -0.497 e. The van der Waals surface area contributed by atoms with E-state index in [0.29, 0.717) is 11.8 Å². The van der Waals surface area contributed by atoms with Crippen molar-refractivity contribution in [1.29, 1.82) is 0 Å². The van der Waals surface area contributed by atoms with Gasteiger partial charge in [-0.2, -0.15) is 0 Å². The molecule has 0 saturated carbocycles. The van der Waals surface area contributed by atoms with Crippen LogP contribution >= 0.6 is 11.8 Å². The first-order valence-electron chi connectivity index (χ1n) is 7.44. The molecule has 0 saturated heterocycles. The summed E-state index contributed by atoms with van der Waals surface area (Å²) in [5.41, 5.74) is 0.971. The summed E-state index contributed by atoms with van der Waals surface area (Å²) in [6.45, 7) is 4.88. The van der Waals surface area contributed by atoms with Gasteiger partial charge in [0.05, 0.1) is 19.9 Å². The molecule has 0 amide bonds. The van der Waals surface area contributed by atoms with Crippen molar-refractivity contribution in [2.24, 2.45) is 0 Å². The predicted octanol–water partition coefficient (Wildman–Crippen LogP) is 4.10. The van der Waals surface area contributed by atoms with Gasteiger partial charge in [-0.15, -0.1) is 10.2 Å². The van der Waals surface area contributed by atoms with Gasteiger partial charge in [-0.1, -0.05) is 37.7 Å². The molecule has 0 aliphatic rings. The zero-order chi connectivity index (χ0) is 16.2. The van der Waals surface area contributed by atoms with Gasteiger partial charge in [-0.3, -0.25) is 4.57 Å². The van der Waals surface area contributed by atoms with Gasteiger partial charge in [0.1, 0.15) is 11.5 Å². The van der Waals surface area contributed by atoms with E-state index in [-0.39, 0.29) is 0 Å². The molecule has 6 heteroatoms. The minimum absolute atomic E-state index is 0.424. The normalized spacial score (nSPS) is 11.1. The lowest BCUT2D eigenvalue weighted by Gasteiger charge is -2.10. The van der Waals surface area contributed by atoms with Crippen LogP contribution in [0.25, 0.3) is 11.4 Å². The second-order valence-corrected chi connectivity index (χ2v) is 6.91. The molecule has 0 radical (unpaired) electrons. The van der Waals surface area contributed by atoms with Crippen molar-refractivity contribution in [3.05, 3.63) is 48.4 Å². The second kappa shape index (κ2) is 6.91. The molecule has 0 spiro atoms. The lowest BCUT2D eigenvalue weighted by atomic mass is 10.2. The van der Waals surface area contributed by atoms with Crippen LogP contribution in [0.2, 0.25) is 0 Å². The monoisotopic (exact) mass is 329 g/mol. The van der Waals surface area contributed by atoms with Crippen LogP contribution in [-0.4, -0.2) is 27.1 Å². The average molecular weight is 329 g/mol. The highest BCUT2D eigenvalue weighted by Crippen LogP contribution is 2.29. The molecule has 120 valence electrons. The smallest absolute Gasteiger partial charge is 0.192 e. The van der Waals surface area contributed by atoms with Gasteiger partial charge >= 0.3 is 0 Å². The summed E-state index contributed by atoms with van der Waals surface area (Å²) in [7, 11) is 1.66. The summed E-state index contributed by atoms with van der Waals surface area (Å²) >= 11 is 1.69. The van der Waals surface area contributed by atoms with Gasteiger partial charge in [-0.05, 0) is 24.3 Å². The van der Waals surface area contributed by atoms with E-state index < -0.39 is 0 Å². The van der Waals surface area contributed by atoms with Gasteiger partial charge in [0, 0.05) is 10.8 Å². The van der Waals surface area contributed by atoms with Crippen molar-refractivity contribution in [3.63, 3.8) is 0 Å². The first-order chi connectivity index (χ1) is 11.2. The Morgan fingerprint density at radius 2 is 2.09 bits per heavy atom. The molecule has 2 heterocycles. The van der Waals surface area contributed by atoms with Crippen molar-refractivity contribution >= 4 is 11.8 Å². The molecule has 3 rings (SSSR count). The number of nitrogens with zero attached hydrogens (tertiary/aromatic N) is 3. The van der Waals surface area contributed by atoms with Crippen LogP contribution < -0.4 is 4.74 Å². The van der Waals surface area contributed by atoms with Gasteiger partial charge in [-0.25, -0.2) is 0 Å². The van der Waals surface area contributed by atoms with Crippen LogP contribution in [0.15, 0.2) is 52.2 Å². The number of benzene rings is 1. The summed E-state index contributed by atoms with van der Waals surface area (Å²) in [6.07, 6.45) is 1.68. The number of rotatable bonds is 6. The van der Waals surface area contributed by atoms with E-state index in [2.05, 4.69) is 28.6 Å². The predicted molar refractivity (Wildman–Crippen MR) is 90.8 cm³/mol. The van der Waals surface area contributed by atoms with Crippen LogP contribution in [0.5, 0.6) is 5.75 Å². The van der Waals surface area contributed by atoms with Crippen molar-refractivity contribution in [2.75, 3.05) is 7.11 Å². The highest BCUT2D eigenvalue weighted by Gasteiger charge is 2.17. The number of hydrogen-bond acceptors (Lipinski definition) is 5. The molecule has 0 N–H and O–H groups in total. The molecule has 1 aromatic carbocycles. The minimum atomic E-state index is 0.424. The molecule has 2 aromatic heterocycles. The van der Waals surface area contributed by atoms with Crippen LogP contribution in [-0.2, 0) is 6.54 Å². The van der Waals surface area contributed by atoms with Crippen molar-refractivity contribution in [3.8, 4) is 17.1 Å². The lowest BCUT2D eigenvalue weighted by Crippen LogP contribution is -2.04. The van der Waals surface area contributed by atoms with Crippen molar-refractivity contribution < 1.29 is 9.15 Å². The Labute approximate surface area is 139 Å². The molecule has 23 heavy (non-hydrogen) atoms. The van der Waals surface area contributed by atoms with E-state index in [0.717, 1.165) is 28.1 Å². The van der Waals surface area contributed by atoms with Crippen LogP contribution in [0, 0.1) is 0 Å². The Balaban J connectivity index is 2.03. The summed E-state index contributed by atoms with van der Waals surface area (Å²) in [5, 5.41) is 10.1. The maximum Gasteiger partial charge on any atom is 0.192 e. The maximum absolute atomic E-state index is 5.49. The first kappa shape index (κ1) is 15.7. The lowest BCUT2D eigenvalue weighted by molar-refractivity contribution is 0.415. The molecule has 0 aliphatic heterocycles. The molecule has 3 aromatic rings. The van der Waals surface area contributed by atoms with Crippen LogP contribution in [0.3, 0.4) is 0 Å². The third kappa shape index (κ3) is 3.59. The van der Waals surface area contributed by atoms with Crippen LogP contribution in [0.4, 0.5) is 0 Å². The van der Waals surface area contributed by atoms with Gasteiger partial charge in [0.15, 0.2) is 11.0 Å². The number of ether oxygens (including phenoxy) is 1. The molecule has 0 unspecified atom stereocenters. The fraction of sp³-hybridized carbons (Fsp3) is 0.294. The quantitative estimate of drug-likeness (QED) is 0.637. The Morgan fingerprint density at radius 3 is 2.78 bits per heavy atom. The number of aromatic nitrogens is 3. The summed E-state index contributed by atoms with van der Waals surface area (Å²) in [6, 6.07) is 11.7. The molecule has 0 fully saturated rings. The molecule has 0 atom stereocenters. The Hall–Kier alpha value is -2.21. The SMILES string of the molecule is COc1cccc(-c2nnc(SC(C)C)n2Cc2ccco2)c1. The highest BCUT2D eigenvalue weighted by molar-refractivity contribution is 7.99.